The standard InChI is InChI=1S/C16H17FN2O/c1-2-14-18-10-11-19(14)15(20)16(8-3-9-16)12-4-6-13(17)7-5-12/h4-7,10-11H,2-3,8-9H2,1H3. The Balaban J connectivity index is 2.01. The maximum Gasteiger partial charge on any atom is 0.242 e. The second-order valence-electron chi connectivity index (χ2n) is 5.31. The Morgan fingerprint density at radius 1 is 1.35 bits per heavy atom. The van der Waals surface area contributed by atoms with Gasteiger partial charge in [0.25, 0.3) is 0 Å². The van der Waals surface area contributed by atoms with E-state index >= 15 is 0 Å². The van der Waals surface area contributed by atoms with E-state index in [1.54, 1.807) is 29.1 Å². The van der Waals surface area contributed by atoms with Gasteiger partial charge in [0.1, 0.15) is 11.6 Å². The molecule has 0 amide bonds. The average Bonchev–Trinajstić information content (AvgIpc) is 2.87. The Hall–Kier alpha value is -1.97. The molecule has 1 fully saturated rings. The average molecular weight is 272 g/mol. The molecule has 104 valence electrons. The number of rotatable bonds is 3. The van der Waals surface area contributed by atoms with Crippen molar-refractivity contribution in [1.29, 1.82) is 0 Å². The molecule has 20 heavy (non-hydrogen) atoms. The van der Waals surface area contributed by atoms with E-state index in [0.717, 1.165) is 37.1 Å². The largest absolute Gasteiger partial charge is 0.273 e. The molecule has 1 saturated carbocycles. The zero-order chi connectivity index (χ0) is 14.2. The fourth-order valence-corrected chi connectivity index (χ4v) is 2.94. The number of aryl methyl sites for hydroxylation is 1. The number of carbonyl (C=O) groups is 1. The van der Waals surface area contributed by atoms with E-state index in [2.05, 4.69) is 4.98 Å². The van der Waals surface area contributed by atoms with Gasteiger partial charge >= 0.3 is 0 Å². The highest BCUT2D eigenvalue weighted by Gasteiger charge is 2.46. The van der Waals surface area contributed by atoms with Gasteiger partial charge in [0.15, 0.2) is 0 Å². The van der Waals surface area contributed by atoms with Crippen molar-refractivity contribution in [1.82, 2.24) is 9.55 Å². The number of nitrogens with zero attached hydrogens (tertiary/aromatic N) is 2. The normalized spacial score (nSPS) is 16.7. The highest BCUT2D eigenvalue weighted by atomic mass is 19.1. The molecule has 0 bridgehead atoms. The SMILES string of the molecule is CCc1nccn1C(=O)C1(c2ccc(F)cc2)CCC1. The third-order valence-corrected chi connectivity index (χ3v) is 4.27. The molecular weight excluding hydrogens is 255 g/mol. The number of hydrogen-bond donors (Lipinski definition) is 0. The monoisotopic (exact) mass is 272 g/mol. The van der Waals surface area contributed by atoms with Crippen molar-refractivity contribution in [3.05, 3.63) is 53.9 Å². The summed E-state index contributed by atoms with van der Waals surface area (Å²) < 4.78 is 14.7. The van der Waals surface area contributed by atoms with Crippen LogP contribution in [-0.2, 0) is 11.8 Å². The van der Waals surface area contributed by atoms with Crippen LogP contribution in [0.5, 0.6) is 0 Å². The van der Waals surface area contributed by atoms with E-state index in [1.807, 2.05) is 6.92 Å². The topological polar surface area (TPSA) is 34.9 Å². The van der Waals surface area contributed by atoms with E-state index in [-0.39, 0.29) is 11.7 Å². The first-order chi connectivity index (χ1) is 9.67. The molecule has 1 heterocycles. The molecule has 1 aromatic heterocycles. The lowest BCUT2D eigenvalue weighted by atomic mass is 9.63. The van der Waals surface area contributed by atoms with Crippen molar-refractivity contribution in [3.63, 3.8) is 0 Å². The van der Waals surface area contributed by atoms with Crippen LogP contribution in [0.1, 0.15) is 42.4 Å². The molecule has 0 atom stereocenters. The predicted octanol–water partition coefficient (Wildman–Crippen LogP) is 3.35. The van der Waals surface area contributed by atoms with Crippen LogP contribution in [0.4, 0.5) is 4.39 Å². The Bertz CT molecular complexity index is 626. The maximum atomic E-state index is 13.1. The van der Waals surface area contributed by atoms with Gasteiger partial charge in [-0.05, 0) is 30.5 Å². The van der Waals surface area contributed by atoms with Gasteiger partial charge in [-0.15, -0.1) is 0 Å². The highest BCUT2D eigenvalue weighted by molar-refractivity contribution is 5.91. The van der Waals surface area contributed by atoms with Crippen LogP contribution in [0, 0.1) is 5.82 Å². The first-order valence-corrected chi connectivity index (χ1v) is 7.00. The summed E-state index contributed by atoms with van der Waals surface area (Å²) in [5.74, 6) is 0.570. The molecular formula is C16H17FN2O. The molecule has 0 spiro atoms. The zero-order valence-electron chi connectivity index (χ0n) is 11.5. The molecule has 3 nitrogen and oxygen atoms in total. The van der Waals surface area contributed by atoms with Crippen LogP contribution >= 0.6 is 0 Å². The number of imidazole rings is 1. The van der Waals surface area contributed by atoms with Gasteiger partial charge in [-0.25, -0.2) is 9.37 Å². The smallest absolute Gasteiger partial charge is 0.242 e. The van der Waals surface area contributed by atoms with Crippen molar-refractivity contribution in [2.75, 3.05) is 0 Å². The summed E-state index contributed by atoms with van der Waals surface area (Å²) in [4.78, 5) is 17.1. The lowest BCUT2D eigenvalue weighted by Crippen LogP contribution is -2.45. The molecule has 3 rings (SSSR count). The van der Waals surface area contributed by atoms with Crippen LogP contribution in [-0.4, -0.2) is 15.5 Å². The van der Waals surface area contributed by atoms with Crippen molar-refractivity contribution >= 4 is 5.91 Å². The van der Waals surface area contributed by atoms with Crippen molar-refractivity contribution in [2.45, 2.75) is 38.0 Å². The third-order valence-electron chi connectivity index (χ3n) is 4.27. The minimum absolute atomic E-state index is 0.0599. The zero-order valence-corrected chi connectivity index (χ0v) is 11.5. The molecule has 2 aromatic rings. The van der Waals surface area contributed by atoms with Crippen LogP contribution in [0.25, 0.3) is 0 Å². The lowest BCUT2D eigenvalue weighted by molar-refractivity contribution is 0.0690. The van der Waals surface area contributed by atoms with Crippen molar-refractivity contribution < 1.29 is 9.18 Å². The van der Waals surface area contributed by atoms with E-state index in [4.69, 9.17) is 0 Å². The van der Waals surface area contributed by atoms with E-state index in [1.165, 1.54) is 12.1 Å². The van der Waals surface area contributed by atoms with E-state index in [0.29, 0.717) is 0 Å². The Labute approximate surface area is 117 Å². The lowest BCUT2D eigenvalue weighted by Gasteiger charge is -2.40. The van der Waals surface area contributed by atoms with Crippen LogP contribution in [0.15, 0.2) is 36.7 Å². The molecule has 0 radical (unpaired) electrons. The summed E-state index contributed by atoms with van der Waals surface area (Å²) in [5, 5.41) is 0. The molecule has 1 aliphatic rings. The minimum atomic E-state index is -0.502. The van der Waals surface area contributed by atoms with Gasteiger partial charge in [0, 0.05) is 18.8 Å². The Morgan fingerprint density at radius 3 is 2.60 bits per heavy atom. The van der Waals surface area contributed by atoms with Crippen molar-refractivity contribution in [3.8, 4) is 0 Å². The quantitative estimate of drug-likeness (QED) is 0.859. The van der Waals surface area contributed by atoms with Crippen LogP contribution in [0.2, 0.25) is 0 Å². The first kappa shape index (κ1) is 13.0. The van der Waals surface area contributed by atoms with Gasteiger partial charge < -0.3 is 0 Å². The number of halogens is 1. The van der Waals surface area contributed by atoms with Gasteiger partial charge in [-0.1, -0.05) is 25.5 Å². The molecule has 1 aromatic carbocycles. The summed E-state index contributed by atoms with van der Waals surface area (Å²) >= 11 is 0. The Kier molecular flexibility index (Phi) is 3.16. The van der Waals surface area contributed by atoms with Gasteiger partial charge in [-0.3, -0.25) is 9.36 Å². The van der Waals surface area contributed by atoms with Crippen LogP contribution < -0.4 is 0 Å². The van der Waals surface area contributed by atoms with Crippen LogP contribution in [0.3, 0.4) is 0 Å². The van der Waals surface area contributed by atoms with Gasteiger partial charge in [-0.2, -0.15) is 0 Å². The summed E-state index contributed by atoms with van der Waals surface area (Å²) in [6, 6.07) is 6.32. The van der Waals surface area contributed by atoms with E-state index in [9.17, 15) is 9.18 Å². The molecule has 0 unspecified atom stereocenters. The molecule has 0 saturated heterocycles. The molecule has 4 heteroatoms. The second kappa shape index (κ2) is 4.85. The van der Waals surface area contributed by atoms with Gasteiger partial charge in [0.2, 0.25) is 5.91 Å². The summed E-state index contributed by atoms with van der Waals surface area (Å²) in [6.45, 7) is 1.98. The first-order valence-electron chi connectivity index (χ1n) is 7.00. The second-order valence-corrected chi connectivity index (χ2v) is 5.31. The predicted molar refractivity (Wildman–Crippen MR) is 74.2 cm³/mol. The Morgan fingerprint density at radius 2 is 2.05 bits per heavy atom. The third kappa shape index (κ3) is 1.87. The maximum absolute atomic E-state index is 13.1. The van der Waals surface area contributed by atoms with Gasteiger partial charge in [0.05, 0.1) is 5.41 Å². The fourth-order valence-electron chi connectivity index (χ4n) is 2.94. The number of carbonyl (C=O) groups excluding carboxylic acids is 1. The summed E-state index contributed by atoms with van der Waals surface area (Å²) in [6.07, 6.45) is 6.77. The minimum Gasteiger partial charge on any atom is -0.273 e. The number of benzene rings is 1. The summed E-state index contributed by atoms with van der Waals surface area (Å²) in [7, 11) is 0. The van der Waals surface area contributed by atoms with E-state index < -0.39 is 5.41 Å². The molecule has 0 aliphatic heterocycles. The molecule has 0 N–H and O–H groups in total. The number of aromatic nitrogens is 2. The highest BCUT2D eigenvalue weighted by Crippen LogP contribution is 2.45. The van der Waals surface area contributed by atoms with Crippen molar-refractivity contribution in [2.24, 2.45) is 0 Å². The fraction of sp³-hybridized carbons (Fsp3) is 0.375. The molecule has 1 aliphatic carbocycles. The number of hydrogen-bond acceptors (Lipinski definition) is 2. The summed E-state index contributed by atoms with van der Waals surface area (Å²) in [5.41, 5.74) is 0.407.